The zero-order valence-electron chi connectivity index (χ0n) is 12.9. The van der Waals surface area contributed by atoms with Gasteiger partial charge in [0.25, 0.3) is 0 Å². The van der Waals surface area contributed by atoms with Gasteiger partial charge in [0.15, 0.2) is 0 Å². The molecule has 1 heterocycles. The highest BCUT2D eigenvalue weighted by atomic mass is 32.2. The van der Waals surface area contributed by atoms with Gasteiger partial charge in [-0.3, -0.25) is 0 Å². The van der Waals surface area contributed by atoms with Gasteiger partial charge in [-0.25, -0.2) is 18.5 Å². The maximum Gasteiger partial charge on any atom is 0.238 e. The molecule has 1 aromatic heterocycles. The lowest BCUT2D eigenvalue weighted by atomic mass is 10.0. The third-order valence-electron chi connectivity index (χ3n) is 4.54. The van der Waals surface area contributed by atoms with Crippen molar-refractivity contribution in [3.8, 4) is 5.69 Å². The lowest BCUT2D eigenvalue weighted by molar-refractivity contribution is 0.596. The first kappa shape index (κ1) is 15.1. The molecule has 1 fully saturated rings. The second-order valence-corrected chi connectivity index (χ2v) is 7.62. The molecule has 122 valence electrons. The van der Waals surface area contributed by atoms with Crippen molar-refractivity contribution in [3.63, 3.8) is 0 Å². The first-order valence-corrected chi connectivity index (χ1v) is 9.29. The van der Waals surface area contributed by atoms with E-state index in [1.165, 1.54) is 5.56 Å². The number of sulfonamides is 1. The normalized spacial score (nSPS) is 20.0. The van der Waals surface area contributed by atoms with Gasteiger partial charge in [-0.2, -0.15) is 0 Å². The number of aromatic nitrogens is 2. The molecule has 1 saturated carbocycles. The number of imidazole rings is 1. The summed E-state index contributed by atoms with van der Waals surface area (Å²) < 4.78 is 25.5. The summed E-state index contributed by atoms with van der Waals surface area (Å²) in [6.45, 7) is 0. The summed E-state index contributed by atoms with van der Waals surface area (Å²) in [5.41, 5.74) is 3.09. The van der Waals surface area contributed by atoms with Crippen molar-refractivity contribution in [2.75, 3.05) is 0 Å². The highest BCUT2D eigenvalue weighted by Crippen LogP contribution is 2.55. The quantitative estimate of drug-likeness (QED) is 0.794. The van der Waals surface area contributed by atoms with Gasteiger partial charge in [-0.15, -0.1) is 0 Å². The zero-order valence-corrected chi connectivity index (χ0v) is 13.7. The molecule has 4 rings (SSSR count). The SMILES string of the molecule is NS(=O)(=O)c1ccccc1C1CC1c1ccc(-n2ccnc2)cc1. The van der Waals surface area contributed by atoms with Crippen LogP contribution in [0, 0.1) is 0 Å². The Balaban J connectivity index is 1.59. The van der Waals surface area contributed by atoms with Crippen molar-refractivity contribution in [1.29, 1.82) is 0 Å². The molecule has 0 aliphatic heterocycles. The van der Waals surface area contributed by atoms with E-state index in [4.69, 9.17) is 5.14 Å². The van der Waals surface area contributed by atoms with Crippen LogP contribution in [0.5, 0.6) is 0 Å². The van der Waals surface area contributed by atoms with E-state index in [2.05, 4.69) is 29.2 Å². The van der Waals surface area contributed by atoms with E-state index in [9.17, 15) is 8.42 Å². The fourth-order valence-electron chi connectivity index (χ4n) is 3.26. The molecule has 2 atom stereocenters. The van der Waals surface area contributed by atoms with Crippen molar-refractivity contribution in [3.05, 3.63) is 78.4 Å². The number of nitrogens with zero attached hydrogens (tertiary/aromatic N) is 2. The average Bonchev–Trinajstić information content (AvgIpc) is 3.19. The van der Waals surface area contributed by atoms with Gasteiger partial charge in [-0.05, 0) is 47.6 Å². The van der Waals surface area contributed by atoms with Crippen LogP contribution >= 0.6 is 0 Å². The average molecular weight is 339 g/mol. The van der Waals surface area contributed by atoms with E-state index in [0.29, 0.717) is 5.92 Å². The Hall–Kier alpha value is -2.44. The molecule has 2 N–H and O–H groups in total. The monoisotopic (exact) mass is 339 g/mol. The second kappa shape index (κ2) is 5.58. The Labute approximate surface area is 140 Å². The topological polar surface area (TPSA) is 78.0 Å². The Kier molecular flexibility index (Phi) is 3.51. The molecule has 24 heavy (non-hydrogen) atoms. The van der Waals surface area contributed by atoms with Crippen molar-refractivity contribution in [2.45, 2.75) is 23.2 Å². The molecule has 0 radical (unpaired) electrons. The number of primary sulfonamides is 1. The molecule has 0 saturated heterocycles. The molecule has 3 aromatic rings. The van der Waals surface area contributed by atoms with E-state index in [0.717, 1.165) is 17.7 Å². The van der Waals surface area contributed by atoms with Crippen molar-refractivity contribution in [2.24, 2.45) is 5.14 Å². The van der Waals surface area contributed by atoms with Gasteiger partial charge in [-0.1, -0.05) is 30.3 Å². The van der Waals surface area contributed by atoms with Gasteiger partial charge in [0.2, 0.25) is 10.0 Å². The summed E-state index contributed by atoms with van der Waals surface area (Å²) in [5.74, 6) is 0.545. The van der Waals surface area contributed by atoms with E-state index >= 15 is 0 Å². The van der Waals surface area contributed by atoms with Crippen LogP contribution in [0.4, 0.5) is 0 Å². The second-order valence-electron chi connectivity index (χ2n) is 6.09. The number of benzene rings is 2. The summed E-state index contributed by atoms with van der Waals surface area (Å²) in [4.78, 5) is 4.29. The number of hydrogen-bond donors (Lipinski definition) is 1. The Bertz CT molecular complexity index is 964. The lowest BCUT2D eigenvalue weighted by Gasteiger charge is -2.08. The number of nitrogens with two attached hydrogens (primary N) is 1. The Morgan fingerprint density at radius 1 is 1.04 bits per heavy atom. The van der Waals surface area contributed by atoms with E-state index in [1.807, 2.05) is 22.9 Å². The number of hydrogen-bond acceptors (Lipinski definition) is 3. The van der Waals surface area contributed by atoms with Crippen LogP contribution in [0.15, 0.2) is 72.1 Å². The minimum Gasteiger partial charge on any atom is -0.306 e. The molecule has 1 aliphatic rings. The maximum atomic E-state index is 11.8. The van der Waals surface area contributed by atoms with Crippen LogP contribution in [0.2, 0.25) is 0 Å². The van der Waals surface area contributed by atoms with Crippen molar-refractivity contribution >= 4 is 10.0 Å². The van der Waals surface area contributed by atoms with Gasteiger partial charge in [0.05, 0.1) is 11.2 Å². The first-order valence-electron chi connectivity index (χ1n) is 7.74. The maximum absolute atomic E-state index is 11.8. The summed E-state index contributed by atoms with van der Waals surface area (Å²) >= 11 is 0. The van der Waals surface area contributed by atoms with E-state index in [-0.39, 0.29) is 10.8 Å². The smallest absolute Gasteiger partial charge is 0.238 e. The van der Waals surface area contributed by atoms with E-state index < -0.39 is 10.0 Å². The molecule has 6 heteroatoms. The third kappa shape index (κ3) is 2.74. The van der Waals surface area contributed by atoms with Crippen molar-refractivity contribution < 1.29 is 8.42 Å². The van der Waals surface area contributed by atoms with Crippen LogP contribution in [-0.2, 0) is 10.0 Å². The Morgan fingerprint density at radius 2 is 1.79 bits per heavy atom. The fraction of sp³-hybridized carbons (Fsp3) is 0.167. The predicted molar refractivity (Wildman–Crippen MR) is 91.5 cm³/mol. The molecular weight excluding hydrogens is 322 g/mol. The lowest BCUT2D eigenvalue weighted by Crippen LogP contribution is -2.14. The van der Waals surface area contributed by atoms with Gasteiger partial charge < -0.3 is 4.57 Å². The van der Waals surface area contributed by atoms with Crippen LogP contribution in [0.1, 0.15) is 29.4 Å². The molecular formula is C18H17N3O2S. The highest BCUT2D eigenvalue weighted by Gasteiger charge is 2.41. The standard InChI is InChI=1S/C18H17N3O2S/c19-24(22,23)18-4-2-1-3-15(18)17-11-16(17)13-5-7-14(8-6-13)21-10-9-20-12-21/h1-10,12,16-17H,11H2,(H2,19,22,23). The molecule has 0 amide bonds. The Morgan fingerprint density at radius 3 is 2.46 bits per heavy atom. The summed E-state index contributed by atoms with van der Waals surface area (Å²) in [6, 6.07) is 15.3. The van der Waals surface area contributed by atoms with Crippen LogP contribution in [0.3, 0.4) is 0 Å². The summed E-state index contributed by atoms with van der Waals surface area (Å²) in [5, 5.41) is 5.34. The highest BCUT2D eigenvalue weighted by molar-refractivity contribution is 7.89. The molecule has 1 aliphatic carbocycles. The zero-order chi connectivity index (χ0) is 16.7. The van der Waals surface area contributed by atoms with Gasteiger partial charge in [0, 0.05) is 18.1 Å². The summed E-state index contributed by atoms with van der Waals surface area (Å²) in [6.07, 6.45) is 6.35. The largest absolute Gasteiger partial charge is 0.306 e. The molecule has 2 aromatic carbocycles. The predicted octanol–water partition coefficient (Wildman–Crippen LogP) is 2.79. The molecule has 2 unspecified atom stereocenters. The van der Waals surface area contributed by atoms with E-state index in [1.54, 1.807) is 24.7 Å². The van der Waals surface area contributed by atoms with Crippen LogP contribution < -0.4 is 5.14 Å². The summed E-state index contributed by atoms with van der Waals surface area (Å²) in [7, 11) is -3.69. The number of rotatable bonds is 4. The van der Waals surface area contributed by atoms with Crippen molar-refractivity contribution in [1.82, 2.24) is 9.55 Å². The van der Waals surface area contributed by atoms with Crippen LogP contribution in [0.25, 0.3) is 5.69 Å². The fourth-order valence-corrected chi connectivity index (χ4v) is 4.07. The van der Waals surface area contributed by atoms with Gasteiger partial charge >= 0.3 is 0 Å². The molecule has 5 nitrogen and oxygen atoms in total. The third-order valence-corrected chi connectivity index (χ3v) is 5.52. The minimum absolute atomic E-state index is 0.207. The van der Waals surface area contributed by atoms with Gasteiger partial charge in [0.1, 0.15) is 0 Å². The minimum atomic E-state index is -3.69. The molecule has 0 bridgehead atoms. The van der Waals surface area contributed by atoms with Crippen LogP contribution in [-0.4, -0.2) is 18.0 Å². The first-order chi connectivity index (χ1) is 11.5. The molecule has 0 spiro atoms.